The fourth-order valence-corrected chi connectivity index (χ4v) is 3.94. The van der Waals surface area contributed by atoms with Crippen LogP contribution in [0.3, 0.4) is 0 Å². The van der Waals surface area contributed by atoms with E-state index in [1.807, 2.05) is 0 Å². The first-order valence-corrected chi connectivity index (χ1v) is 9.24. The molecule has 0 spiro atoms. The molecule has 0 bridgehead atoms. The van der Waals surface area contributed by atoms with Crippen LogP contribution in [-0.2, 0) is 9.53 Å². The minimum absolute atomic E-state index is 0.0166. The third kappa shape index (κ3) is 3.79. The number of ether oxygens (including phenoxy) is 1. The fraction of sp³-hybridized carbons (Fsp3) is 0.368. The van der Waals surface area contributed by atoms with Crippen molar-refractivity contribution in [3.8, 4) is 0 Å². The van der Waals surface area contributed by atoms with Crippen molar-refractivity contribution in [2.75, 3.05) is 18.5 Å². The minimum atomic E-state index is -0.380. The summed E-state index contributed by atoms with van der Waals surface area (Å²) < 4.78 is 5.80. The van der Waals surface area contributed by atoms with Crippen molar-refractivity contribution in [1.82, 2.24) is 14.9 Å². The quantitative estimate of drug-likeness (QED) is 0.875. The van der Waals surface area contributed by atoms with Crippen LogP contribution in [0, 0.1) is 5.92 Å². The first-order chi connectivity index (χ1) is 13.1. The molecule has 8 heteroatoms. The molecule has 4 rings (SSSR count). The van der Waals surface area contributed by atoms with Gasteiger partial charge in [0.1, 0.15) is 0 Å². The monoisotopic (exact) mass is 386 g/mol. The van der Waals surface area contributed by atoms with Gasteiger partial charge < -0.3 is 15.0 Å². The van der Waals surface area contributed by atoms with Crippen molar-refractivity contribution in [2.24, 2.45) is 5.92 Å². The number of halogens is 1. The largest absolute Gasteiger partial charge is 0.376 e. The molecule has 2 aliphatic rings. The number of amides is 2. The van der Waals surface area contributed by atoms with Gasteiger partial charge in [-0.05, 0) is 31.0 Å². The lowest BCUT2D eigenvalue weighted by Crippen LogP contribution is -2.54. The average Bonchev–Trinajstić information content (AvgIpc) is 3.16. The number of fused-ring (bicyclic) bond motifs is 1. The zero-order valence-corrected chi connectivity index (χ0v) is 15.3. The van der Waals surface area contributed by atoms with Gasteiger partial charge >= 0.3 is 0 Å². The lowest BCUT2D eigenvalue weighted by atomic mass is 9.89. The maximum atomic E-state index is 13.1. The third-order valence-corrected chi connectivity index (χ3v) is 5.26. The summed E-state index contributed by atoms with van der Waals surface area (Å²) in [7, 11) is 0. The number of carbonyl (C=O) groups excluding carboxylic acids is 2. The summed E-state index contributed by atoms with van der Waals surface area (Å²) in [6.45, 7) is 0.926. The lowest BCUT2D eigenvalue weighted by molar-refractivity contribution is -0.123. The highest BCUT2D eigenvalue weighted by Gasteiger charge is 2.44. The number of anilines is 1. The van der Waals surface area contributed by atoms with E-state index in [-0.39, 0.29) is 29.9 Å². The minimum Gasteiger partial charge on any atom is -0.376 e. The van der Waals surface area contributed by atoms with E-state index >= 15 is 0 Å². The van der Waals surface area contributed by atoms with Gasteiger partial charge in [-0.1, -0.05) is 17.7 Å². The summed E-state index contributed by atoms with van der Waals surface area (Å²) in [4.78, 5) is 35.6. The Bertz CT molecular complexity index is 848. The topological polar surface area (TPSA) is 84.4 Å². The number of rotatable bonds is 3. The molecule has 2 saturated heterocycles. The molecular formula is C19H19ClN4O3. The highest BCUT2D eigenvalue weighted by molar-refractivity contribution is 6.30. The number of benzene rings is 1. The summed E-state index contributed by atoms with van der Waals surface area (Å²) in [6.07, 6.45) is 5.76. The Labute approximate surface area is 161 Å². The molecule has 1 N–H and O–H groups in total. The zero-order chi connectivity index (χ0) is 18.8. The van der Waals surface area contributed by atoms with Gasteiger partial charge in [0.15, 0.2) is 5.82 Å². The molecule has 3 atom stereocenters. The van der Waals surface area contributed by atoms with Crippen LogP contribution in [0.15, 0.2) is 42.9 Å². The third-order valence-electron chi connectivity index (χ3n) is 5.03. The van der Waals surface area contributed by atoms with E-state index in [0.29, 0.717) is 36.0 Å². The van der Waals surface area contributed by atoms with Crippen molar-refractivity contribution in [1.29, 1.82) is 0 Å². The molecule has 0 aliphatic carbocycles. The Balaban J connectivity index is 1.54. The molecular weight excluding hydrogens is 368 g/mol. The molecule has 140 valence electrons. The van der Waals surface area contributed by atoms with Crippen LogP contribution in [0.5, 0.6) is 0 Å². The summed E-state index contributed by atoms with van der Waals surface area (Å²) in [6, 6.07) is 6.85. The van der Waals surface area contributed by atoms with Gasteiger partial charge in [-0.25, -0.2) is 4.98 Å². The van der Waals surface area contributed by atoms with Crippen LogP contribution in [0.2, 0.25) is 5.02 Å². The van der Waals surface area contributed by atoms with E-state index < -0.39 is 0 Å². The van der Waals surface area contributed by atoms with E-state index in [0.717, 1.165) is 6.42 Å². The number of nitrogens with one attached hydrogen (secondary N) is 1. The van der Waals surface area contributed by atoms with Gasteiger partial charge in [0.2, 0.25) is 5.91 Å². The fourth-order valence-electron chi connectivity index (χ4n) is 3.75. The number of hydrogen-bond donors (Lipinski definition) is 1. The van der Waals surface area contributed by atoms with Gasteiger partial charge in [-0.15, -0.1) is 0 Å². The molecule has 2 fully saturated rings. The van der Waals surface area contributed by atoms with Crippen LogP contribution >= 0.6 is 11.6 Å². The molecule has 3 heterocycles. The van der Waals surface area contributed by atoms with Crippen LogP contribution in [0.4, 0.5) is 5.82 Å². The van der Waals surface area contributed by atoms with Crippen LogP contribution in [-0.4, -0.2) is 52.0 Å². The Kier molecular flexibility index (Phi) is 5.05. The maximum absolute atomic E-state index is 13.1. The normalized spacial score (nSPS) is 24.3. The summed E-state index contributed by atoms with van der Waals surface area (Å²) >= 11 is 6.04. The van der Waals surface area contributed by atoms with Gasteiger partial charge in [0.25, 0.3) is 5.91 Å². The molecule has 2 amide bonds. The highest BCUT2D eigenvalue weighted by atomic mass is 35.5. The van der Waals surface area contributed by atoms with Crippen molar-refractivity contribution >= 4 is 29.2 Å². The number of piperidine rings is 1. The molecule has 7 nitrogen and oxygen atoms in total. The van der Waals surface area contributed by atoms with Crippen LogP contribution < -0.4 is 5.32 Å². The molecule has 1 aromatic heterocycles. The molecule has 0 radical (unpaired) electrons. The Morgan fingerprint density at radius 1 is 1.30 bits per heavy atom. The summed E-state index contributed by atoms with van der Waals surface area (Å²) in [5.41, 5.74) is 0.517. The summed E-state index contributed by atoms with van der Waals surface area (Å²) in [5, 5.41) is 3.28. The Morgan fingerprint density at radius 3 is 2.96 bits per heavy atom. The standard InChI is InChI=1S/C19H19ClN4O3/c20-14-3-1-2-12(8-14)19(26)24-11-13(9-16-15(24)4-7-27-16)18(25)23-17-10-21-5-6-22-17/h1-3,5-6,8,10,13,15-16H,4,7,9,11H2,(H,22,23,25)/t13-,15-,16-/m1/s1. The first kappa shape index (κ1) is 17.9. The predicted molar refractivity (Wildman–Crippen MR) is 99.4 cm³/mol. The maximum Gasteiger partial charge on any atom is 0.254 e. The van der Waals surface area contributed by atoms with Crippen molar-refractivity contribution in [3.63, 3.8) is 0 Å². The number of likely N-dealkylation sites (tertiary alicyclic amines) is 1. The molecule has 2 aliphatic heterocycles. The van der Waals surface area contributed by atoms with E-state index in [2.05, 4.69) is 15.3 Å². The molecule has 0 unspecified atom stereocenters. The second kappa shape index (κ2) is 7.62. The van der Waals surface area contributed by atoms with Crippen LogP contribution in [0.1, 0.15) is 23.2 Å². The number of hydrogen-bond acceptors (Lipinski definition) is 5. The molecule has 2 aromatic rings. The van der Waals surface area contributed by atoms with Crippen molar-refractivity contribution in [2.45, 2.75) is 25.0 Å². The zero-order valence-electron chi connectivity index (χ0n) is 14.5. The van der Waals surface area contributed by atoms with E-state index in [1.165, 1.54) is 12.4 Å². The molecule has 0 saturated carbocycles. The SMILES string of the molecule is O=C(Nc1cnccn1)[C@@H]1C[C@H]2OCC[C@H]2N(C(=O)c2cccc(Cl)c2)C1. The number of aromatic nitrogens is 2. The van der Waals surface area contributed by atoms with Gasteiger partial charge in [-0.3, -0.25) is 14.6 Å². The van der Waals surface area contributed by atoms with Crippen LogP contribution in [0.25, 0.3) is 0 Å². The highest BCUT2D eigenvalue weighted by Crippen LogP contribution is 2.33. The van der Waals surface area contributed by atoms with Gasteiger partial charge in [0, 0.05) is 36.1 Å². The molecule has 27 heavy (non-hydrogen) atoms. The van der Waals surface area contributed by atoms with E-state index in [9.17, 15) is 9.59 Å². The van der Waals surface area contributed by atoms with E-state index in [1.54, 1.807) is 35.4 Å². The van der Waals surface area contributed by atoms with E-state index in [4.69, 9.17) is 16.3 Å². The number of carbonyl (C=O) groups is 2. The van der Waals surface area contributed by atoms with Gasteiger partial charge in [0.05, 0.1) is 24.3 Å². The second-order valence-electron chi connectivity index (χ2n) is 6.75. The molecule has 1 aromatic carbocycles. The smallest absolute Gasteiger partial charge is 0.254 e. The summed E-state index contributed by atoms with van der Waals surface area (Å²) in [5.74, 6) is -0.303. The lowest BCUT2D eigenvalue weighted by Gasteiger charge is -2.40. The first-order valence-electron chi connectivity index (χ1n) is 8.87. The number of nitrogens with zero attached hydrogens (tertiary/aromatic N) is 3. The van der Waals surface area contributed by atoms with Crippen molar-refractivity contribution < 1.29 is 14.3 Å². The average molecular weight is 387 g/mol. The predicted octanol–water partition coefficient (Wildman–Crippen LogP) is 2.39. The Hall–Kier alpha value is -2.51. The van der Waals surface area contributed by atoms with Gasteiger partial charge in [-0.2, -0.15) is 0 Å². The van der Waals surface area contributed by atoms with Crippen molar-refractivity contribution in [3.05, 3.63) is 53.4 Å². The second-order valence-corrected chi connectivity index (χ2v) is 7.18. The Morgan fingerprint density at radius 2 is 2.19 bits per heavy atom.